The maximum Gasteiger partial charge on any atom is 0.185 e. The Bertz CT molecular complexity index is 521. The molecule has 1 aromatic heterocycles. The molecule has 1 aliphatic carbocycles. The summed E-state index contributed by atoms with van der Waals surface area (Å²) in [5, 5.41) is 5.17. The van der Waals surface area contributed by atoms with Gasteiger partial charge in [-0.05, 0) is 30.4 Å². The van der Waals surface area contributed by atoms with Crippen LogP contribution in [0.15, 0.2) is 30.5 Å². The van der Waals surface area contributed by atoms with E-state index >= 15 is 0 Å². The maximum atomic E-state index is 5.69. The van der Waals surface area contributed by atoms with Crippen molar-refractivity contribution < 1.29 is 0 Å². The lowest BCUT2D eigenvalue weighted by Crippen LogP contribution is -2.17. The van der Waals surface area contributed by atoms with Gasteiger partial charge in [0.2, 0.25) is 0 Å². The number of nitrogens with zero attached hydrogens (tertiary/aromatic N) is 1. The van der Waals surface area contributed by atoms with E-state index in [0.29, 0.717) is 6.04 Å². The van der Waals surface area contributed by atoms with Gasteiger partial charge in [-0.15, -0.1) is 0 Å². The number of nitrogens with one attached hydrogen (secondary N) is 1. The Morgan fingerprint density at radius 1 is 1.35 bits per heavy atom. The summed E-state index contributed by atoms with van der Waals surface area (Å²) in [4.78, 5) is 4.27. The molecule has 0 radical (unpaired) electrons. The third kappa shape index (κ3) is 2.13. The molecule has 3 nitrogen and oxygen atoms in total. The van der Waals surface area contributed by atoms with Crippen molar-refractivity contribution in [3.05, 3.63) is 41.6 Å². The van der Waals surface area contributed by atoms with Gasteiger partial charge in [0.15, 0.2) is 5.13 Å². The molecule has 0 saturated carbocycles. The van der Waals surface area contributed by atoms with Crippen LogP contribution in [-0.2, 0) is 6.42 Å². The Morgan fingerprint density at radius 2 is 2.24 bits per heavy atom. The predicted octanol–water partition coefficient (Wildman–Crippen LogP) is 3.21. The van der Waals surface area contributed by atoms with E-state index in [1.54, 1.807) is 6.20 Å². The molecular formula is C13H15N3S. The van der Waals surface area contributed by atoms with Gasteiger partial charge in [-0.25, -0.2) is 4.98 Å². The van der Waals surface area contributed by atoms with Crippen molar-refractivity contribution in [3.63, 3.8) is 0 Å². The van der Waals surface area contributed by atoms with Gasteiger partial charge in [0, 0.05) is 0 Å². The van der Waals surface area contributed by atoms with Crippen molar-refractivity contribution >= 4 is 21.5 Å². The number of nitrogen functional groups attached to an aromatic ring is 1. The fourth-order valence-electron chi connectivity index (χ4n) is 2.41. The van der Waals surface area contributed by atoms with Crippen molar-refractivity contribution in [2.24, 2.45) is 0 Å². The number of aromatic nitrogens is 1. The van der Waals surface area contributed by atoms with Gasteiger partial charge < -0.3 is 11.1 Å². The van der Waals surface area contributed by atoms with Gasteiger partial charge in [-0.3, -0.25) is 0 Å². The average Bonchev–Trinajstić information content (AvgIpc) is 2.75. The van der Waals surface area contributed by atoms with Gasteiger partial charge in [0.05, 0.1) is 12.2 Å². The normalized spacial score (nSPS) is 18.7. The highest BCUT2D eigenvalue weighted by Gasteiger charge is 2.20. The van der Waals surface area contributed by atoms with Crippen molar-refractivity contribution in [3.8, 4) is 0 Å². The van der Waals surface area contributed by atoms with Crippen LogP contribution in [-0.4, -0.2) is 4.98 Å². The molecule has 3 rings (SSSR count). The largest absolute Gasteiger partial charge is 0.389 e. The number of benzene rings is 1. The molecule has 1 heterocycles. The molecule has 2 aromatic rings. The number of nitrogens with two attached hydrogens (primary N) is 1. The van der Waals surface area contributed by atoms with E-state index in [0.717, 1.165) is 16.6 Å². The fourth-order valence-corrected chi connectivity index (χ4v) is 3.04. The van der Waals surface area contributed by atoms with Gasteiger partial charge in [-0.2, -0.15) is 0 Å². The number of fused-ring (bicyclic) bond motifs is 1. The Balaban J connectivity index is 1.85. The second-order valence-corrected chi connectivity index (χ2v) is 5.42. The molecule has 0 amide bonds. The van der Waals surface area contributed by atoms with Crippen molar-refractivity contribution in [1.82, 2.24) is 4.98 Å². The lowest BCUT2D eigenvalue weighted by Gasteiger charge is -2.26. The highest BCUT2D eigenvalue weighted by Crippen LogP contribution is 2.33. The number of anilines is 2. The summed E-state index contributed by atoms with van der Waals surface area (Å²) in [7, 11) is 0. The van der Waals surface area contributed by atoms with E-state index in [2.05, 4.69) is 34.6 Å². The Kier molecular flexibility index (Phi) is 2.73. The quantitative estimate of drug-likeness (QED) is 0.854. The van der Waals surface area contributed by atoms with Crippen LogP contribution in [0.25, 0.3) is 0 Å². The van der Waals surface area contributed by atoms with Gasteiger partial charge in [-0.1, -0.05) is 35.6 Å². The molecular weight excluding hydrogens is 230 g/mol. The van der Waals surface area contributed by atoms with Gasteiger partial charge in [0.1, 0.15) is 5.00 Å². The summed E-state index contributed by atoms with van der Waals surface area (Å²) in [5.74, 6) is 0. The first kappa shape index (κ1) is 10.6. The Labute approximate surface area is 105 Å². The first-order chi connectivity index (χ1) is 8.33. The van der Waals surface area contributed by atoms with Crippen LogP contribution >= 0.6 is 11.3 Å². The van der Waals surface area contributed by atoms with Crippen molar-refractivity contribution in [1.29, 1.82) is 0 Å². The minimum Gasteiger partial charge on any atom is -0.389 e. The average molecular weight is 245 g/mol. The zero-order valence-corrected chi connectivity index (χ0v) is 10.3. The monoisotopic (exact) mass is 245 g/mol. The highest BCUT2D eigenvalue weighted by atomic mass is 32.1. The summed E-state index contributed by atoms with van der Waals surface area (Å²) in [6.07, 6.45) is 5.29. The van der Waals surface area contributed by atoms with Crippen LogP contribution in [0.4, 0.5) is 10.1 Å². The van der Waals surface area contributed by atoms with Gasteiger partial charge >= 0.3 is 0 Å². The molecule has 1 unspecified atom stereocenters. The lowest BCUT2D eigenvalue weighted by atomic mass is 9.88. The first-order valence-electron chi connectivity index (χ1n) is 5.88. The number of thiazole rings is 1. The molecule has 1 atom stereocenters. The van der Waals surface area contributed by atoms with Crippen LogP contribution in [0, 0.1) is 0 Å². The second-order valence-electron chi connectivity index (χ2n) is 4.36. The first-order valence-corrected chi connectivity index (χ1v) is 6.70. The van der Waals surface area contributed by atoms with E-state index in [4.69, 9.17) is 5.73 Å². The van der Waals surface area contributed by atoms with E-state index < -0.39 is 0 Å². The molecule has 0 aliphatic heterocycles. The van der Waals surface area contributed by atoms with E-state index in [-0.39, 0.29) is 0 Å². The smallest absolute Gasteiger partial charge is 0.185 e. The molecule has 0 saturated heterocycles. The van der Waals surface area contributed by atoms with Crippen LogP contribution < -0.4 is 11.1 Å². The lowest BCUT2D eigenvalue weighted by molar-refractivity contribution is 0.600. The number of hydrogen-bond donors (Lipinski definition) is 2. The van der Waals surface area contributed by atoms with E-state index in [9.17, 15) is 0 Å². The summed E-state index contributed by atoms with van der Waals surface area (Å²) in [5.41, 5.74) is 8.56. The zero-order valence-electron chi connectivity index (χ0n) is 9.52. The number of hydrogen-bond acceptors (Lipinski definition) is 4. The van der Waals surface area contributed by atoms with Crippen molar-refractivity contribution in [2.75, 3.05) is 11.1 Å². The number of aryl methyl sites for hydroxylation is 1. The maximum absolute atomic E-state index is 5.69. The molecule has 1 aliphatic rings. The minimum absolute atomic E-state index is 0.380. The van der Waals surface area contributed by atoms with E-state index in [1.165, 1.54) is 35.3 Å². The highest BCUT2D eigenvalue weighted by molar-refractivity contribution is 7.19. The molecule has 88 valence electrons. The molecule has 0 fully saturated rings. The molecule has 1 aromatic carbocycles. The molecule has 3 N–H and O–H groups in total. The third-order valence-corrected chi connectivity index (χ3v) is 3.95. The second kappa shape index (κ2) is 4.37. The zero-order chi connectivity index (χ0) is 11.7. The topological polar surface area (TPSA) is 50.9 Å². The van der Waals surface area contributed by atoms with Crippen molar-refractivity contribution in [2.45, 2.75) is 25.3 Å². The van der Waals surface area contributed by atoms with Crippen LogP contribution in [0.2, 0.25) is 0 Å². The molecule has 17 heavy (non-hydrogen) atoms. The van der Waals surface area contributed by atoms with Gasteiger partial charge in [0.25, 0.3) is 0 Å². The third-order valence-electron chi connectivity index (χ3n) is 3.19. The molecule has 0 bridgehead atoms. The standard InChI is InChI=1S/C13H15N3S/c14-12-8-15-13(17-12)16-11-7-3-5-9-4-1-2-6-10(9)11/h1-2,4,6,8,11H,3,5,7,14H2,(H,15,16). The summed E-state index contributed by atoms with van der Waals surface area (Å²) >= 11 is 1.51. The Morgan fingerprint density at radius 3 is 3.06 bits per heavy atom. The predicted molar refractivity (Wildman–Crippen MR) is 72.3 cm³/mol. The van der Waals surface area contributed by atoms with Crippen LogP contribution in [0.1, 0.15) is 30.0 Å². The van der Waals surface area contributed by atoms with Crippen LogP contribution in [0.5, 0.6) is 0 Å². The molecule has 0 spiro atoms. The summed E-state index contributed by atoms with van der Waals surface area (Å²) in [6.45, 7) is 0. The van der Waals surface area contributed by atoms with E-state index in [1.807, 2.05) is 0 Å². The Hall–Kier alpha value is -1.55. The SMILES string of the molecule is Nc1cnc(NC2CCCc3ccccc32)s1. The fraction of sp³-hybridized carbons (Fsp3) is 0.308. The summed E-state index contributed by atoms with van der Waals surface area (Å²) in [6, 6.07) is 9.03. The van der Waals surface area contributed by atoms with Crippen LogP contribution in [0.3, 0.4) is 0 Å². The molecule has 4 heteroatoms. The minimum atomic E-state index is 0.380. The summed E-state index contributed by atoms with van der Waals surface area (Å²) < 4.78 is 0. The number of rotatable bonds is 2.